The normalized spacial score (nSPS) is 12.8. The lowest BCUT2D eigenvalue weighted by molar-refractivity contribution is -0.137. The largest absolute Gasteiger partial charge is 0.536 e. The van der Waals surface area contributed by atoms with Crippen LogP contribution in [0.1, 0.15) is 5.56 Å². The van der Waals surface area contributed by atoms with Crippen molar-refractivity contribution in [2.24, 2.45) is 0 Å². The molecule has 17 heavy (non-hydrogen) atoms. The second-order valence-electron chi connectivity index (χ2n) is 3.24. The monoisotopic (exact) mass is 266 g/mol. The van der Waals surface area contributed by atoms with E-state index in [1.54, 1.807) is 0 Å². The van der Waals surface area contributed by atoms with Gasteiger partial charge in [0, 0.05) is 26.5 Å². The van der Waals surface area contributed by atoms with E-state index in [0.29, 0.717) is 5.19 Å². The summed E-state index contributed by atoms with van der Waals surface area (Å²) in [4.78, 5) is 0. The van der Waals surface area contributed by atoms with Crippen molar-refractivity contribution in [3.8, 4) is 0 Å². The van der Waals surface area contributed by atoms with Crippen molar-refractivity contribution in [2.45, 2.75) is 6.18 Å². The Hall–Kier alpha value is -0.893. The van der Waals surface area contributed by atoms with Crippen molar-refractivity contribution in [3.05, 3.63) is 29.8 Å². The van der Waals surface area contributed by atoms with Crippen LogP contribution in [0.2, 0.25) is 0 Å². The summed E-state index contributed by atoms with van der Waals surface area (Å²) in [6.07, 6.45) is -4.35. The zero-order valence-electron chi connectivity index (χ0n) is 9.67. The molecule has 0 saturated heterocycles. The quantitative estimate of drug-likeness (QED) is 0.778. The first-order valence-corrected chi connectivity index (χ1v) is 6.45. The minimum Gasteiger partial charge on any atom is -0.373 e. The van der Waals surface area contributed by atoms with E-state index >= 15 is 0 Å². The molecule has 3 nitrogen and oxygen atoms in total. The van der Waals surface area contributed by atoms with E-state index in [9.17, 15) is 13.2 Å². The first kappa shape index (κ1) is 14.2. The average Bonchev–Trinajstić information content (AvgIpc) is 2.32. The lowest BCUT2D eigenvalue weighted by Gasteiger charge is -2.24. The molecule has 0 amide bonds. The zero-order chi connectivity index (χ0) is 13.1. The number of hydrogen-bond donors (Lipinski definition) is 0. The Labute approximate surface area is 98.5 Å². The van der Waals surface area contributed by atoms with Crippen LogP contribution in [0.4, 0.5) is 13.2 Å². The Morgan fingerprint density at radius 3 is 1.59 bits per heavy atom. The molecule has 0 saturated carbocycles. The van der Waals surface area contributed by atoms with Gasteiger partial charge < -0.3 is 13.3 Å². The highest BCUT2D eigenvalue weighted by Gasteiger charge is 2.41. The van der Waals surface area contributed by atoms with Crippen LogP contribution in [0.15, 0.2) is 24.3 Å². The van der Waals surface area contributed by atoms with Crippen molar-refractivity contribution in [1.29, 1.82) is 0 Å². The molecule has 0 atom stereocenters. The van der Waals surface area contributed by atoms with E-state index in [0.717, 1.165) is 12.1 Å². The maximum absolute atomic E-state index is 12.4. The second-order valence-corrected chi connectivity index (χ2v) is 6.16. The Bertz CT molecular complexity index is 352. The average molecular weight is 266 g/mol. The molecule has 0 bridgehead atoms. The molecule has 1 aromatic carbocycles. The third-order valence-corrected chi connectivity index (χ3v) is 5.02. The van der Waals surface area contributed by atoms with Crippen LogP contribution in [0, 0.1) is 0 Å². The summed E-state index contributed by atoms with van der Waals surface area (Å²) in [7, 11) is 1.16. The molecular formula is C10H13F3O3Si. The van der Waals surface area contributed by atoms with Crippen molar-refractivity contribution in [3.63, 3.8) is 0 Å². The molecule has 0 radical (unpaired) electrons. The molecular weight excluding hydrogens is 253 g/mol. The lowest BCUT2D eigenvalue weighted by atomic mass is 10.2. The zero-order valence-corrected chi connectivity index (χ0v) is 10.7. The fourth-order valence-corrected chi connectivity index (χ4v) is 3.25. The summed E-state index contributed by atoms with van der Waals surface area (Å²) >= 11 is 0. The van der Waals surface area contributed by atoms with Crippen LogP contribution >= 0.6 is 0 Å². The van der Waals surface area contributed by atoms with Gasteiger partial charge in [-0.1, -0.05) is 12.1 Å². The molecule has 7 heteroatoms. The van der Waals surface area contributed by atoms with Crippen molar-refractivity contribution >= 4 is 14.0 Å². The van der Waals surface area contributed by atoms with Crippen LogP contribution in [-0.2, 0) is 19.5 Å². The van der Waals surface area contributed by atoms with Gasteiger partial charge in [-0.05, 0) is 12.1 Å². The van der Waals surface area contributed by atoms with Gasteiger partial charge in [0.1, 0.15) is 0 Å². The van der Waals surface area contributed by atoms with Crippen LogP contribution in [0.25, 0.3) is 0 Å². The highest BCUT2D eigenvalue weighted by molar-refractivity contribution is 6.75. The van der Waals surface area contributed by atoms with E-state index in [-0.39, 0.29) is 0 Å². The van der Waals surface area contributed by atoms with Gasteiger partial charge >= 0.3 is 15.0 Å². The molecule has 1 rings (SSSR count). The molecule has 0 aliphatic carbocycles. The van der Waals surface area contributed by atoms with E-state index in [1.807, 2.05) is 0 Å². The fraction of sp³-hybridized carbons (Fsp3) is 0.400. The maximum Gasteiger partial charge on any atom is 0.536 e. The molecule has 1 aromatic rings. The Balaban J connectivity index is 3.09. The van der Waals surface area contributed by atoms with Gasteiger partial charge in [0.25, 0.3) is 0 Å². The molecule has 0 aromatic heterocycles. The van der Waals surface area contributed by atoms with Crippen molar-refractivity contribution < 1.29 is 26.4 Å². The Morgan fingerprint density at radius 1 is 0.882 bits per heavy atom. The summed E-state index contributed by atoms with van der Waals surface area (Å²) in [6, 6.07) is 4.58. The van der Waals surface area contributed by atoms with Crippen molar-refractivity contribution in [2.75, 3.05) is 21.3 Å². The van der Waals surface area contributed by atoms with Gasteiger partial charge in [0.15, 0.2) is 0 Å². The summed E-state index contributed by atoms with van der Waals surface area (Å²) in [6.45, 7) is 0. The number of hydrogen-bond acceptors (Lipinski definition) is 3. The predicted octanol–water partition coefficient (Wildman–Crippen LogP) is 1.79. The van der Waals surface area contributed by atoms with Gasteiger partial charge in [-0.15, -0.1) is 0 Å². The second kappa shape index (κ2) is 5.17. The van der Waals surface area contributed by atoms with Gasteiger partial charge in [-0.25, -0.2) is 0 Å². The number of rotatable bonds is 4. The third kappa shape index (κ3) is 2.86. The van der Waals surface area contributed by atoms with Gasteiger partial charge in [0.05, 0.1) is 5.56 Å². The van der Waals surface area contributed by atoms with E-state index in [4.69, 9.17) is 13.3 Å². The third-order valence-electron chi connectivity index (χ3n) is 2.37. The smallest absolute Gasteiger partial charge is 0.373 e. The molecule has 0 aliphatic rings. The maximum atomic E-state index is 12.4. The minimum absolute atomic E-state index is 0.484. The molecule has 0 spiro atoms. The molecule has 0 heterocycles. The number of benzene rings is 1. The Morgan fingerprint density at radius 2 is 1.29 bits per heavy atom. The van der Waals surface area contributed by atoms with Crippen LogP contribution in [-0.4, -0.2) is 30.1 Å². The first-order chi connectivity index (χ1) is 7.89. The highest BCUT2D eigenvalue weighted by atomic mass is 28.4. The van der Waals surface area contributed by atoms with Crippen LogP contribution in [0.5, 0.6) is 0 Å². The minimum atomic E-state index is -4.35. The number of halogens is 3. The van der Waals surface area contributed by atoms with Gasteiger partial charge in [-0.3, -0.25) is 0 Å². The molecule has 0 fully saturated rings. The Kier molecular flexibility index (Phi) is 4.31. The predicted molar refractivity (Wildman–Crippen MR) is 57.9 cm³/mol. The summed E-state index contributed by atoms with van der Waals surface area (Å²) < 4.78 is 52.6. The van der Waals surface area contributed by atoms with Gasteiger partial charge in [-0.2, -0.15) is 13.2 Å². The molecule has 96 valence electrons. The summed E-state index contributed by atoms with van der Waals surface area (Å²) in [5.41, 5.74) is -0.715. The fourth-order valence-electron chi connectivity index (χ4n) is 1.47. The van der Waals surface area contributed by atoms with E-state index in [1.165, 1.54) is 33.5 Å². The SMILES string of the molecule is CO[Si](OC)(OC)c1ccc(C(F)(F)F)cc1. The van der Waals surface area contributed by atoms with Gasteiger partial charge in [0.2, 0.25) is 0 Å². The van der Waals surface area contributed by atoms with Crippen molar-refractivity contribution in [1.82, 2.24) is 0 Å². The highest BCUT2D eigenvalue weighted by Crippen LogP contribution is 2.28. The van der Waals surface area contributed by atoms with Crippen LogP contribution < -0.4 is 5.19 Å². The molecule has 0 aliphatic heterocycles. The lowest BCUT2D eigenvalue weighted by Crippen LogP contribution is -2.54. The van der Waals surface area contributed by atoms with Crippen LogP contribution in [0.3, 0.4) is 0 Å². The topological polar surface area (TPSA) is 27.7 Å². The molecule has 0 N–H and O–H groups in total. The summed E-state index contributed by atoms with van der Waals surface area (Å²) in [5.74, 6) is 0. The van der Waals surface area contributed by atoms with E-state index < -0.39 is 20.5 Å². The first-order valence-electron chi connectivity index (χ1n) is 4.73. The standard InChI is InChI=1S/C10H13F3O3Si/c1-14-17(15-2,16-3)9-6-4-8(5-7-9)10(11,12)13/h4-7H,1-3H3. The molecule has 0 unspecified atom stereocenters. The van der Waals surface area contributed by atoms with E-state index in [2.05, 4.69) is 0 Å². The number of alkyl halides is 3. The summed E-state index contributed by atoms with van der Waals surface area (Å²) in [5, 5.41) is 0.484.